The fraction of sp³-hybridized carbons (Fsp3) is 0. The summed E-state index contributed by atoms with van der Waals surface area (Å²) in [5, 5.41) is 0.197. The second kappa shape index (κ2) is 5.97. The highest BCUT2D eigenvalue weighted by molar-refractivity contribution is 9.10. The van der Waals surface area contributed by atoms with E-state index >= 15 is 0 Å². The average molecular weight is 445 g/mol. The Morgan fingerprint density at radius 2 is 1.95 bits per heavy atom. The van der Waals surface area contributed by atoms with Crippen molar-refractivity contribution in [1.29, 1.82) is 0 Å². The highest BCUT2D eigenvalue weighted by Crippen LogP contribution is 2.26. The minimum atomic E-state index is -4.04. The fourth-order valence-electron chi connectivity index (χ4n) is 1.38. The molecule has 2 aromatic rings. The summed E-state index contributed by atoms with van der Waals surface area (Å²) in [7, 11) is -4.04. The van der Waals surface area contributed by atoms with E-state index in [0.29, 0.717) is 8.95 Å². The van der Waals surface area contributed by atoms with Gasteiger partial charge >= 0.3 is 0 Å². The molecule has 9 heteroatoms. The Morgan fingerprint density at radius 3 is 2.55 bits per heavy atom. The molecule has 0 fully saturated rings. The quantitative estimate of drug-likeness (QED) is 0.722. The van der Waals surface area contributed by atoms with Gasteiger partial charge in [0.25, 0.3) is 10.0 Å². The van der Waals surface area contributed by atoms with Crippen molar-refractivity contribution in [3.05, 3.63) is 50.4 Å². The van der Waals surface area contributed by atoms with Gasteiger partial charge in [-0.05, 0) is 40.2 Å². The number of halogens is 4. The summed E-state index contributed by atoms with van der Waals surface area (Å²) in [5.41, 5.74) is 0.170. The van der Waals surface area contributed by atoms with Gasteiger partial charge in [-0.2, -0.15) is 0 Å². The number of rotatable bonds is 3. The molecule has 0 unspecified atom stereocenters. The normalized spacial score (nSPS) is 11.4. The van der Waals surface area contributed by atoms with Gasteiger partial charge in [-0.3, -0.25) is 4.72 Å². The zero-order valence-electron chi connectivity index (χ0n) is 9.57. The third-order valence-corrected chi connectivity index (χ3v) is 5.27. The lowest BCUT2D eigenvalue weighted by Gasteiger charge is -2.09. The van der Waals surface area contributed by atoms with Crippen LogP contribution in [0.5, 0.6) is 0 Å². The molecule has 0 saturated carbocycles. The molecule has 20 heavy (non-hydrogen) atoms. The van der Waals surface area contributed by atoms with Gasteiger partial charge in [-0.1, -0.05) is 27.5 Å². The predicted molar refractivity (Wildman–Crippen MR) is 81.9 cm³/mol. The summed E-state index contributed by atoms with van der Waals surface area (Å²) in [6, 6.07) is 5.11. The maximum absolute atomic E-state index is 13.7. The first kappa shape index (κ1) is 15.7. The standard InChI is InChI=1S/C11H6Br2ClFN2O2S/c12-6-1-2-10(9(15)3-6)20(18,19)17-7-4-8(13)11(14)16-5-7/h1-5,17H. The van der Waals surface area contributed by atoms with E-state index in [4.69, 9.17) is 11.6 Å². The minimum Gasteiger partial charge on any atom is -0.278 e. The second-order valence-corrected chi connectivity index (χ2v) is 7.46. The average Bonchev–Trinajstić information content (AvgIpc) is 2.33. The molecule has 1 aromatic heterocycles. The van der Waals surface area contributed by atoms with Gasteiger partial charge < -0.3 is 0 Å². The molecule has 1 heterocycles. The summed E-state index contributed by atoms with van der Waals surface area (Å²) >= 11 is 11.9. The first-order valence-electron chi connectivity index (χ1n) is 5.08. The van der Waals surface area contributed by atoms with Crippen LogP contribution in [0.2, 0.25) is 5.15 Å². The van der Waals surface area contributed by atoms with Crippen LogP contribution in [0.1, 0.15) is 0 Å². The van der Waals surface area contributed by atoms with E-state index in [1.165, 1.54) is 24.4 Å². The number of nitrogens with one attached hydrogen (secondary N) is 1. The van der Waals surface area contributed by atoms with Crippen LogP contribution >= 0.6 is 43.5 Å². The smallest absolute Gasteiger partial charge is 0.264 e. The maximum Gasteiger partial charge on any atom is 0.264 e. The molecule has 1 N–H and O–H groups in total. The molecule has 0 bridgehead atoms. The molecule has 0 aliphatic rings. The van der Waals surface area contributed by atoms with E-state index in [-0.39, 0.29) is 10.8 Å². The topological polar surface area (TPSA) is 59.1 Å². The monoisotopic (exact) mass is 442 g/mol. The lowest BCUT2D eigenvalue weighted by molar-refractivity contribution is 0.570. The van der Waals surface area contributed by atoms with Crippen LogP contribution in [0.15, 0.2) is 44.3 Å². The highest BCUT2D eigenvalue weighted by atomic mass is 79.9. The van der Waals surface area contributed by atoms with E-state index in [1.807, 2.05) is 0 Å². The summed E-state index contributed by atoms with van der Waals surface area (Å²) < 4.78 is 41.0. The van der Waals surface area contributed by atoms with Crippen LogP contribution in [0.4, 0.5) is 10.1 Å². The molecule has 0 aliphatic heterocycles. The Morgan fingerprint density at radius 1 is 1.25 bits per heavy atom. The molecule has 106 valence electrons. The van der Waals surface area contributed by atoms with E-state index < -0.39 is 20.7 Å². The van der Waals surface area contributed by atoms with Crippen LogP contribution in [-0.2, 0) is 10.0 Å². The van der Waals surface area contributed by atoms with E-state index in [2.05, 4.69) is 41.6 Å². The number of hydrogen-bond donors (Lipinski definition) is 1. The number of hydrogen-bond acceptors (Lipinski definition) is 3. The van der Waals surface area contributed by atoms with Crippen molar-refractivity contribution in [2.45, 2.75) is 4.90 Å². The largest absolute Gasteiger partial charge is 0.278 e. The summed E-state index contributed by atoms with van der Waals surface area (Å²) in [4.78, 5) is 3.33. The third-order valence-electron chi connectivity index (χ3n) is 2.23. The number of benzene rings is 1. The number of pyridine rings is 1. The summed E-state index contributed by atoms with van der Waals surface area (Å²) in [6.07, 6.45) is 1.24. The van der Waals surface area contributed by atoms with Crippen molar-refractivity contribution in [3.63, 3.8) is 0 Å². The fourth-order valence-corrected chi connectivity index (χ4v) is 3.26. The number of anilines is 1. The van der Waals surface area contributed by atoms with Gasteiger partial charge in [0, 0.05) is 4.47 Å². The van der Waals surface area contributed by atoms with Gasteiger partial charge in [0.1, 0.15) is 15.9 Å². The first-order valence-corrected chi connectivity index (χ1v) is 8.53. The minimum absolute atomic E-state index is 0.170. The Bertz CT molecular complexity index is 771. The zero-order chi connectivity index (χ0) is 14.9. The number of aromatic nitrogens is 1. The van der Waals surface area contributed by atoms with Crippen molar-refractivity contribution in [3.8, 4) is 0 Å². The van der Waals surface area contributed by atoms with Crippen LogP contribution in [0, 0.1) is 5.82 Å². The van der Waals surface area contributed by atoms with Crippen molar-refractivity contribution in [1.82, 2.24) is 4.98 Å². The molecule has 0 atom stereocenters. The van der Waals surface area contributed by atoms with Gasteiger partial charge in [-0.25, -0.2) is 17.8 Å². The molecule has 0 spiro atoms. The van der Waals surface area contributed by atoms with Crippen molar-refractivity contribution in [2.24, 2.45) is 0 Å². The molecule has 1 aromatic carbocycles. The Hall–Kier alpha value is -0.700. The maximum atomic E-state index is 13.7. The van der Waals surface area contributed by atoms with E-state index in [0.717, 1.165) is 6.07 Å². The van der Waals surface area contributed by atoms with Crippen LogP contribution in [-0.4, -0.2) is 13.4 Å². The molecule has 2 rings (SSSR count). The van der Waals surface area contributed by atoms with Crippen molar-refractivity contribution in [2.75, 3.05) is 4.72 Å². The molecule has 0 aliphatic carbocycles. The van der Waals surface area contributed by atoms with Gasteiger partial charge in [0.15, 0.2) is 0 Å². The summed E-state index contributed by atoms with van der Waals surface area (Å²) in [5.74, 6) is -0.854. The molecule has 0 radical (unpaired) electrons. The van der Waals surface area contributed by atoms with Gasteiger partial charge in [-0.15, -0.1) is 0 Å². The molecule has 4 nitrogen and oxygen atoms in total. The SMILES string of the molecule is O=S(=O)(Nc1cnc(Cl)c(Br)c1)c1ccc(Br)cc1F. The second-order valence-electron chi connectivity index (χ2n) is 3.68. The van der Waals surface area contributed by atoms with Crippen LogP contribution in [0.3, 0.4) is 0 Å². The van der Waals surface area contributed by atoms with E-state index in [1.54, 1.807) is 0 Å². The Labute approximate surface area is 136 Å². The first-order chi connectivity index (χ1) is 9.29. The lowest BCUT2D eigenvalue weighted by atomic mass is 10.3. The van der Waals surface area contributed by atoms with Gasteiger partial charge in [0.05, 0.1) is 16.4 Å². The van der Waals surface area contributed by atoms with Crippen LogP contribution in [0.25, 0.3) is 0 Å². The molecule has 0 saturated heterocycles. The zero-order valence-corrected chi connectivity index (χ0v) is 14.3. The molecule has 0 amide bonds. The predicted octanol–water partition coefficient (Wildman–Crippen LogP) is 4.20. The van der Waals surface area contributed by atoms with Crippen molar-refractivity contribution >= 4 is 59.2 Å². The van der Waals surface area contributed by atoms with E-state index in [9.17, 15) is 12.8 Å². The number of nitrogens with zero attached hydrogens (tertiary/aromatic N) is 1. The van der Waals surface area contributed by atoms with Gasteiger partial charge in [0.2, 0.25) is 0 Å². The van der Waals surface area contributed by atoms with Crippen molar-refractivity contribution < 1.29 is 12.8 Å². The molecular formula is C11H6Br2ClFN2O2S. The highest BCUT2D eigenvalue weighted by Gasteiger charge is 2.19. The summed E-state index contributed by atoms with van der Waals surface area (Å²) in [6.45, 7) is 0. The third kappa shape index (κ3) is 3.49. The number of sulfonamides is 1. The Balaban J connectivity index is 2.38. The Kier molecular flexibility index (Phi) is 4.68. The van der Waals surface area contributed by atoms with Crippen LogP contribution < -0.4 is 4.72 Å². The molecular weight excluding hydrogens is 438 g/mol. The lowest BCUT2D eigenvalue weighted by Crippen LogP contribution is -2.14.